The van der Waals surface area contributed by atoms with Crippen LogP contribution in [0.15, 0.2) is 24.3 Å². The minimum atomic E-state index is -0.853. The number of amides is 2. The van der Waals surface area contributed by atoms with Gasteiger partial charge >= 0.3 is 5.97 Å². The summed E-state index contributed by atoms with van der Waals surface area (Å²) >= 11 is 0. The van der Waals surface area contributed by atoms with Crippen LogP contribution in [-0.2, 0) is 20.9 Å². The molecule has 2 heterocycles. The molecule has 3 rings (SSSR count). The van der Waals surface area contributed by atoms with E-state index in [9.17, 15) is 14.4 Å². The Hall–Kier alpha value is -2.37. The highest BCUT2D eigenvalue weighted by Crippen LogP contribution is 2.25. The van der Waals surface area contributed by atoms with Gasteiger partial charge in [-0.1, -0.05) is 29.8 Å². The van der Waals surface area contributed by atoms with Gasteiger partial charge in [0.25, 0.3) is 0 Å². The van der Waals surface area contributed by atoms with Crippen molar-refractivity contribution in [1.29, 1.82) is 0 Å². The van der Waals surface area contributed by atoms with Crippen LogP contribution in [0, 0.1) is 18.8 Å². The molecule has 6 nitrogen and oxygen atoms in total. The largest absolute Gasteiger partial charge is 0.481 e. The number of hydrogen-bond donors (Lipinski definition) is 1. The van der Waals surface area contributed by atoms with Crippen LogP contribution in [0.4, 0.5) is 0 Å². The monoisotopic (exact) mass is 330 g/mol. The maximum atomic E-state index is 12.6. The summed E-state index contributed by atoms with van der Waals surface area (Å²) in [5.41, 5.74) is 2.22. The molecule has 0 unspecified atom stereocenters. The molecule has 0 spiro atoms. The van der Waals surface area contributed by atoms with Gasteiger partial charge < -0.3 is 14.9 Å². The Morgan fingerprint density at radius 3 is 2.50 bits per heavy atom. The molecule has 2 amide bonds. The molecule has 24 heavy (non-hydrogen) atoms. The average molecular weight is 330 g/mol. The normalized spacial score (nSPS) is 23.8. The molecule has 128 valence electrons. The summed E-state index contributed by atoms with van der Waals surface area (Å²) in [6, 6.07) is 8.01. The number of nitrogens with zero attached hydrogens (tertiary/aromatic N) is 2. The fourth-order valence-corrected chi connectivity index (χ4v) is 3.42. The standard InChI is InChI=1S/C18H22N2O4/c1-12-2-4-13(5-3-12)9-20-11-15(8-16(20)21)17(22)19-7-6-14(10-19)18(23)24/h2-5,14-15H,6-11H2,1H3,(H,23,24)/t14-,15+/m0/s1. The van der Waals surface area contributed by atoms with E-state index in [4.69, 9.17) is 5.11 Å². The molecule has 2 aliphatic rings. The van der Waals surface area contributed by atoms with E-state index in [0.717, 1.165) is 5.56 Å². The molecule has 2 fully saturated rings. The summed E-state index contributed by atoms with van der Waals surface area (Å²) in [5.74, 6) is -1.78. The molecule has 6 heteroatoms. The fraction of sp³-hybridized carbons (Fsp3) is 0.500. The topological polar surface area (TPSA) is 77.9 Å². The average Bonchev–Trinajstić information content (AvgIpc) is 3.17. The number of benzene rings is 1. The predicted octanol–water partition coefficient (Wildman–Crippen LogP) is 1.28. The van der Waals surface area contributed by atoms with E-state index in [1.165, 1.54) is 5.56 Å². The summed E-state index contributed by atoms with van der Waals surface area (Å²) in [5, 5.41) is 9.05. The first-order chi connectivity index (χ1) is 11.4. The summed E-state index contributed by atoms with van der Waals surface area (Å²) in [4.78, 5) is 39.1. The molecular formula is C18H22N2O4. The highest BCUT2D eigenvalue weighted by atomic mass is 16.4. The Balaban J connectivity index is 1.59. The highest BCUT2D eigenvalue weighted by molar-refractivity contribution is 5.89. The number of carboxylic acid groups (broad SMARTS) is 1. The highest BCUT2D eigenvalue weighted by Gasteiger charge is 2.39. The first-order valence-electron chi connectivity index (χ1n) is 8.29. The molecule has 0 saturated carbocycles. The fourth-order valence-electron chi connectivity index (χ4n) is 3.42. The minimum absolute atomic E-state index is 0.0112. The maximum Gasteiger partial charge on any atom is 0.308 e. The third kappa shape index (κ3) is 3.42. The molecule has 1 aromatic carbocycles. The van der Waals surface area contributed by atoms with Crippen molar-refractivity contribution in [3.8, 4) is 0 Å². The van der Waals surface area contributed by atoms with Crippen LogP contribution in [0.1, 0.15) is 24.0 Å². The zero-order valence-electron chi connectivity index (χ0n) is 13.8. The zero-order chi connectivity index (χ0) is 17.3. The van der Waals surface area contributed by atoms with Gasteiger partial charge in [-0.05, 0) is 18.9 Å². The van der Waals surface area contributed by atoms with E-state index < -0.39 is 11.9 Å². The van der Waals surface area contributed by atoms with Gasteiger partial charge in [0.1, 0.15) is 0 Å². The molecule has 1 N–H and O–H groups in total. The summed E-state index contributed by atoms with van der Waals surface area (Å²) in [6.07, 6.45) is 0.716. The number of likely N-dealkylation sites (tertiary alicyclic amines) is 2. The Morgan fingerprint density at radius 2 is 1.88 bits per heavy atom. The van der Waals surface area contributed by atoms with E-state index in [2.05, 4.69) is 0 Å². The third-order valence-electron chi connectivity index (χ3n) is 4.91. The van der Waals surface area contributed by atoms with Gasteiger partial charge in [0.2, 0.25) is 11.8 Å². The van der Waals surface area contributed by atoms with Crippen molar-refractivity contribution in [3.63, 3.8) is 0 Å². The Kier molecular flexibility index (Phi) is 4.55. The lowest BCUT2D eigenvalue weighted by molar-refractivity contribution is -0.141. The van der Waals surface area contributed by atoms with Gasteiger partial charge in [0, 0.05) is 32.6 Å². The van der Waals surface area contributed by atoms with Crippen LogP contribution in [0.25, 0.3) is 0 Å². The number of carbonyl (C=O) groups excluding carboxylic acids is 2. The quantitative estimate of drug-likeness (QED) is 0.902. The van der Waals surface area contributed by atoms with E-state index in [-0.39, 0.29) is 30.7 Å². The van der Waals surface area contributed by atoms with Crippen molar-refractivity contribution < 1.29 is 19.5 Å². The van der Waals surface area contributed by atoms with Crippen LogP contribution in [-0.4, -0.2) is 52.3 Å². The summed E-state index contributed by atoms with van der Waals surface area (Å²) in [6.45, 7) is 3.68. The minimum Gasteiger partial charge on any atom is -0.481 e. The van der Waals surface area contributed by atoms with Crippen molar-refractivity contribution in [3.05, 3.63) is 35.4 Å². The van der Waals surface area contributed by atoms with E-state index in [1.54, 1.807) is 9.80 Å². The molecule has 0 aliphatic carbocycles. The van der Waals surface area contributed by atoms with Crippen LogP contribution in [0.5, 0.6) is 0 Å². The number of rotatable bonds is 4. The molecule has 0 radical (unpaired) electrons. The molecule has 1 aromatic rings. The van der Waals surface area contributed by atoms with Gasteiger partial charge in [0.15, 0.2) is 0 Å². The van der Waals surface area contributed by atoms with Crippen LogP contribution in [0.3, 0.4) is 0 Å². The smallest absolute Gasteiger partial charge is 0.308 e. The van der Waals surface area contributed by atoms with Crippen molar-refractivity contribution in [2.45, 2.75) is 26.3 Å². The van der Waals surface area contributed by atoms with Gasteiger partial charge in [-0.2, -0.15) is 0 Å². The van der Waals surface area contributed by atoms with E-state index in [0.29, 0.717) is 26.1 Å². The lowest BCUT2D eigenvalue weighted by atomic mass is 10.1. The first-order valence-corrected chi connectivity index (χ1v) is 8.29. The molecule has 0 aromatic heterocycles. The maximum absolute atomic E-state index is 12.6. The van der Waals surface area contributed by atoms with Crippen molar-refractivity contribution in [2.24, 2.45) is 11.8 Å². The van der Waals surface area contributed by atoms with Crippen molar-refractivity contribution >= 4 is 17.8 Å². The predicted molar refractivity (Wildman–Crippen MR) is 87.0 cm³/mol. The van der Waals surface area contributed by atoms with Crippen LogP contribution < -0.4 is 0 Å². The van der Waals surface area contributed by atoms with Crippen molar-refractivity contribution in [2.75, 3.05) is 19.6 Å². The van der Waals surface area contributed by atoms with Crippen molar-refractivity contribution in [1.82, 2.24) is 9.80 Å². The SMILES string of the molecule is Cc1ccc(CN2C[C@H](C(=O)N3CC[C@H](C(=O)O)C3)CC2=O)cc1. The van der Waals surface area contributed by atoms with Gasteiger partial charge in [-0.15, -0.1) is 0 Å². The first kappa shape index (κ1) is 16.5. The molecule has 2 aliphatic heterocycles. The lowest BCUT2D eigenvalue weighted by Gasteiger charge is -2.21. The van der Waals surface area contributed by atoms with Crippen LogP contribution >= 0.6 is 0 Å². The molecule has 2 saturated heterocycles. The zero-order valence-corrected chi connectivity index (χ0v) is 13.8. The second-order valence-corrected chi connectivity index (χ2v) is 6.77. The Bertz CT molecular complexity index is 655. The number of hydrogen-bond acceptors (Lipinski definition) is 3. The number of carbonyl (C=O) groups is 3. The van der Waals surface area contributed by atoms with Crippen LogP contribution in [0.2, 0.25) is 0 Å². The molecular weight excluding hydrogens is 308 g/mol. The second-order valence-electron chi connectivity index (χ2n) is 6.77. The van der Waals surface area contributed by atoms with Gasteiger partial charge in [-0.3, -0.25) is 14.4 Å². The second kappa shape index (κ2) is 6.63. The number of carboxylic acids is 1. The summed E-state index contributed by atoms with van der Waals surface area (Å²) in [7, 11) is 0. The number of aliphatic carboxylic acids is 1. The van der Waals surface area contributed by atoms with Gasteiger partial charge in [-0.25, -0.2) is 0 Å². The summed E-state index contributed by atoms with van der Waals surface area (Å²) < 4.78 is 0. The third-order valence-corrected chi connectivity index (χ3v) is 4.91. The van der Waals surface area contributed by atoms with E-state index >= 15 is 0 Å². The Morgan fingerprint density at radius 1 is 1.17 bits per heavy atom. The van der Waals surface area contributed by atoms with Gasteiger partial charge in [0.05, 0.1) is 11.8 Å². The van der Waals surface area contributed by atoms with E-state index in [1.807, 2.05) is 31.2 Å². The number of aryl methyl sites for hydroxylation is 1. The molecule has 0 bridgehead atoms. The lowest BCUT2D eigenvalue weighted by Crippen LogP contribution is -2.36. The molecule has 2 atom stereocenters. The Labute approximate surface area is 141 Å².